The van der Waals surface area contributed by atoms with Crippen LogP contribution < -0.4 is 9.62 Å². The summed E-state index contributed by atoms with van der Waals surface area (Å²) >= 11 is 6.30. The van der Waals surface area contributed by atoms with E-state index in [0.29, 0.717) is 0 Å². The Morgan fingerprint density at radius 3 is 1.95 bits per heavy atom. The normalized spacial score (nSPS) is 12.1. The third-order valence-electron chi connectivity index (χ3n) is 5.70. The zero-order valence-electron chi connectivity index (χ0n) is 21.2. The maximum absolute atomic E-state index is 13.9. The Balaban J connectivity index is 2.04. The van der Waals surface area contributed by atoms with Gasteiger partial charge in [-0.25, -0.2) is 8.42 Å². The number of carbonyl (C=O) groups excluding carboxylic acids is 2. The van der Waals surface area contributed by atoms with E-state index in [2.05, 4.69) is 5.32 Å². The van der Waals surface area contributed by atoms with Crippen molar-refractivity contribution in [3.63, 3.8) is 0 Å². The lowest BCUT2D eigenvalue weighted by Crippen LogP contribution is -2.54. The summed E-state index contributed by atoms with van der Waals surface area (Å²) in [4.78, 5) is 28.8. The summed E-state index contributed by atoms with van der Waals surface area (Å²) < 4.78 is 26.5. The largest absolute Gasteiger partial charge is 0.352 e. The fourth-order valence-electron chi connectivity index (χ4n) is 3.96. The van der Waals surface area contributed by atoms with Crippen molar-refractivity contribution in [2.45, 2.75) is 38.9 Å². The minimum absolute atomic E-state index is 0.128. The van der Waals surface area contributed by atoms with Gasteiger partial charge in [0.05, 0.1) is 17.0 Å². The number of benzene rings is 3. The first-order valence-corrected chi connectivity index (χ1v) is 14.2. The van der Waals surface area contributed by atoms with Gasteiger partial charge in [-0.2, -0.15) is 0 Å². The lowest BCUT2D eigenvalue weighted by atomic mass is 10.0. The molecular formula is C28H32ClN3O4S. The molecule has 9 heteroatoms. The van der Waals surface area contributed by atoms with Crippen molar-refractivity contribution in [1.82, 2.24) is 10.2 Å². The second-order valence-electron chi connectivity index (χ2n) is 9.10. The van der Waals surface area contributed by atoms with E-state index >= 15 is 0 Å². The molecule has 0 fully saturated rings. The summed E-state index contributed by atoms with van der Waals surface area (Å²) in [6.07, 6.45) is 1.29. The van der Waals surface area contributed by atoms with E-state index in [-0.39, 0.29) is 35.6 Å². The van der Waals surface area contributed by atoms with Crippen LogP contribution in [-0.4, -0.2) is 50.0 Å². The number of nitrogens with zero attached hydrogens (tertiary/aromatic N) is 2. The number of hydrogen-bond donors (Lipinski definition) is 1. The molecule has 0 bridgehead atoms. The highest BCUT2D eigenvalue weighted by atomic mass is 35.5. The molecule has 3 rings (SSSR count). The average Bonchev–Trinajstić information content (AvgIpc) is 2.85. The van der Waals surface area contributed by atoms with Crippen LogP contribution in [0.2, 0.25) is 5.02 Å². The van der Waals surface area contributed by atoms with Gasteiger partial charge < -0.3 is 10.2 Å². The maximum atomic E-state index is 13.9. The zero-order chi connectivity index (χ0) is 27.0. The van der Waals surface area contributed by atoms with Crippen molar-refractivity contribution in [3.8, 4) is 0 Å². The number of para-hydroxylation sites is 1. The number of carbonyl (C=O) groups is 2. The van der Waals surface area contributed by atoms with Gasteiger partial charge in [-0.3, -0.25) is 13.9 Å². The Bertz CT molecular complexity index is 1300. The third kappa shape index (κ3) is 8.06. The minimum atomic E-state index is -3.86. The minimum Gasteiger partial charge on any atom is -0.352 e. The first kappa shape index (κ1) is 28.2. The van der Waals surface area contributed by atoms with Gasteiger partial charge in [0.15, 0.2) is 0 Å². The van der Waals surface area contributed by atoms with E-state index in [1.54, 1.807) is 24.3 Å². The lowest BCUT2D eigenvalue weighted by Gasteiger charge is -2.34. The number of sulfonamides is 1. The van der Waals surface area contributed by atoms with Crippen molar-refractivity contribution >= 4 is 39.1 Å². The average molecular weight is 542 g/mol. The highest BCUT2D eigenvalue weighted by Gasteiger charge is 2.33. The van der Waals surface area contributed by atoms with Gasteiger partial charge in [-0.1, -0.05) is 84.4 Å². The molecule has 0 saturated carbocycles. The summed E-state index contributed by atoms with van der Waals surface area (Å²) in [5, 5.41) is 3.13. The molecule has 1 unspecified atom stereocenters. The van der Waals surface area contributed by atoms with Crippen LogP contribution in [0.15, 0.2) is 84.9 Å². The van der Waals surface area contributed by atoms with Crippen molar-refractivity contribution in [1.29, 1.82) is 0 Å². The van der Waals surface area contributed by atoms with Crippen molar-refractivity contribution in [3.05, 3.63) is 101 Å². The Hall–Kier alpha value is -3.36. The van der Waals surface area contributed by atoms with Gasteiger partial charge in [-0.15, -0.1) is 0 Å². The van der Waals surface area contributed by atoms with Crippen LogP contribution in [0.3, 0.4) is 0 Å². The molecule has 0 heterocycles. The number of halogens is 1. The van der Waals surface area contributed by atoms with Crippen LogP contribution in [0.25, 0.3) is 0 Å². The second kappa shape index (κ2) is 12.7. The zero-order valence-corrected chi connectivity index (χ0v) is 22.7. The van der Waals surface area contributed by atoms with Gasteiger partial charge >= 0.3 is 0 Å². The van der Waals surface area contributed by atoms with Crippen LogP contribution in [0.4, 0.5) is 5.69 Å². The van der Waals surface area contributed by atoms with Gasteiger partial charge in [0, 0.05) is 19.0 Å². The molecule has 0 aliphatic carbocycles. The van der Waals surface area contributed by atoms with Crippen LogP contribution in [0.5, 0.6) is 0 Å². The molecule has 0 radical (unpaired) electrons. The number of amides is 2. The lowest BCUT2D eigenvalue weighted by molar-refractivity contribution is -0.140. The topological polar surface area (TPSA) is 86.8 Å². The summed E-state index contributed by atoms with van der Waals surface area (Å²) in [6, 6.07) is 24.2. The highest BCUT2D eigenvalue weighted by Crippen LogP contribution is 2.27. The van der Waals surface area contributed by atoms with E-state index in [4.69, 9.17) is 11.6 Å². The molecule has 2 amide bonds. The first-order chi connectivity index (χ1) is 17.6. The van der Waals surface area contributed by atoms with E-state index in [9.17, 15) is 18.0 Å². The smallest absolute Gasteiger partial charge is 0.244 e. The Kier molecular flexibility index (Phi) is 9.72. The molecule has 0 aliphatic rings. The third-order valence-corrected chi connectivity index (χ3v) is 7.14. The molecule has 0 saturated heterocycles. The van der Waals surface area contributed by atoms with Gasteiger partial charge in [-0.05, 0) is 37.1 Å². The Morgan fingerprint density at radius 2 is 1.41 bits per heavy atom. The molecule has 0 aromatic heterocycles. The molecule has 1 N–H and O–H groups in total. The second-order valence-corrected chi connectivity index (χ2v) is 11.4. The molecule has 3 aromatic rings. The van der Waals surface area contributed by atoms with E-state index in [1.165, 1.54) is 4.90 Å². The number of nitrogens with one attached hydrogen (secondary N) is 1. The van der Waals surface area contributed by atoms with Crippen molar-refractivity contribution in [2.24, 2.45) is 0 Å². The predicted molar refractivity (Wildman–Crippen MR) is 148 cm³/mol. The number of hydrogen-bond acceptors (Lipinski definition) is 4. The van der Waals surface area contributed by atoms with Gasteiger partial charge in [0.2, 0.25) is 21.8 Å². The SMILES string of the molecule is CC(C)NC(=O)C(Cc1ccccc1)N(Cc1ccccc1)C(=O)CN(c1ccccc1Cl)S(C)(=O)=O. The van der Waals surface area contributed by atoms with Crippen LogP contribution in [0.1, 0.15) is 25.0 Å². The summed E-state index contributed by atoms with van der Waals surface area (Å²) in [6.45, 7) is 3.33. The fraction of sp³-hybridized carbons (Fsp3) is 0.286. The quantitative estimate of drug-likeness (QED) is 0.393. The molecule has 196 valence electrons. The molecule has 3 aromatic carbocycles. The van der Waals surface area contributed by atoms with Crippen molar-refractivity contribution in [2.75, 3.05) is 17.1 Å². The molecule has 0 spiro atoms. The molecule has 7 nitrogen and oxygen atoms in total. The monoisotopic (exact) mass is 541 g/mol. The summed E-state index contributed by atoms with van der Waals surface area (Å²) in [5.74, 6) is -0.833. The Labute approximate surface area is 224 Å². The van der Waals surface area contributed by atoms with Crippen LogP contribution in [0, 0.1) is 0 Å². The van der Waals surface area contributed by atoms with Crippen LogP contribution in [-0.2, 0) is 32.6 Å². The molecule has 0 aliphatic heterocycles. The van der Waals surface area contributed by atoms with Gasteiger partial charge in [0.1, 0.15) is 12.6 Å². The molecular weight excluding hydrogens is 510 g/mol. The highest BCUT2D eigenvalue weighted by molar-refractivity contribution is 7.92. The number of anilines is 1. The summed E-state index contributed by atoms with van der Waals surface area (Å²) in [7, 11) is -3.86. The van der Waals surface area contributed by atoms with Gasteiger partial charge in [0.25, 0.3) is 0 Å². The first-order valence-electron chi connectivity index (χ1n) is 12.0. The predicted octanol–water partition coefficient (Wildman–Crippen LogP) is 4.27. The van der Waals surface area contributed by atoms with Crippen LogP contribution >= 0.6 is 11.6 Å². The standard InChI is InChI=1S/C28H32ClN3O4S/c1-21(2)30-28(34)26(18-22-12-6-4-7-13-22)31(19-23-14-8-5-9-15-23)27(33)20-32(37(3,35)36)25-17-11-10-16-24(25)29/h4-17,21,26H,18-20H2,1-3H3,(H,30,34). The van der Waals surface area contributed by atoms with E-state index in [1.807, 2.05) is 74.5 Å². The fourth-order valence-corrected chi connectivity index (χ4v) is 5.11. The summed E-state index contributed by atoms with van der Waals surface area (Å²) in [5.41, 5.74) is 1.89. The maximum Gasteiger partial charge on any atom is 0.244 e. The van der Waals surface area contributed by atoms with Crippen molar-refractivity contribution < 1.29 is 18.0 Å². The molecule has 1 atom stereocenters. The molecule has 37 heavy (non-hydrogen) atoms. The van der Waals surface area contributed by atoms with E-state index < -0.39 is 28.5 Å². The Morgan fingerprint density at radius 1 is 0.865 bits per heavy atom. The number of rotatable bonds is 11. The van der Waals surface area contributed by atoms with E-state index in [0.717, 1.165) is 21.7 Å².